The number of hydrogen-bond donors (Lipinski definition) is 2. The largest absolute Gasteiger partial charge is 0.573 e. The van der Waals surface area contributed by atoms with Crippen LogP contribution in [0.2, 0.25) is 0 Å². The zero-order valence-electron chi connectivity index (χ0n) is 11.4. The summed E-state index contributed by atoms with van der Waals surface area (Å²) in [5.74, 6) is -1.91. The van der Waals surface area contributed by atoms with E-state index in [9.17, 15) is 22.8 Å². The Morgan fingerprint density at radius 2 is 2.00 bits per heavy atom. The van der Waals surface area contributed by atoms with Crippen molar-refractivity contribution in [1.82, 2.24) is 4.90 Å². The van der Waals surface area contributed by atoms with E-state index in [4.69, 9.17) is 5.11 Å². The summed E-state index contributed by atoms with van der Waals surface area (Å²) in [5, 5.41) is 11.3. The lowest BCUT2D eigenvalue weighted by Crippen LogP contribution is -2.34. The Bertz CT molecular complexity index is 676. The summed E-state index contributed by atoms with van der Waals surface area (Å²) in [6.07, 6.45) is -3.94. The Morgan fingerprint density at radius 1 is 1.30 bits per heavy atom. The Hall–Kier alpha value is -1.82. The molecule has 1 heterocycles. The molecule has 0 radical (unpaired) electrons. The average Bonchev–Trinajstić information content (AvgIpc) is 2.68. The first-order valence-corrected chi connectivity index (χ1v) is 7.30. The number of rotatable bonds is 5. The molecule has 2 rings (SSSR count). The lowest BCUT2D eigenvalue weighted by atomic mass is 10.2. The van der Waals surface area contributed by atoms with E-state index in [-0.39, 0.29) is 17.9 Å². The second-order valence-electron chi connectivity index (χ2n) is 4.39. The maximum Gasteiger partial charge on any atom is 0.573 e. The summed E-state index contributed by atoms with van der Waals surface area (Å²) in [7, 11) is 0. The number of imide groups is 1. The molecule has 0 spiro atoms. The minimum Gasteiger partial charge on any atom is -0.404 e. The number of β-amino-alcohol motifs (C(OH)–C–C–N with tert-alkyl or cyclic N) is 1. The summed E-state index contributed by atoms with van der Waals surface area (Å²) < 4.78 is 41.7. The third kappa shape index (κ3) is 4.34. The van der Waals surface area contributed by atoms with Crippen LogP contribution in [0.3, 0.4) is 0 Å². The molecule has 1 aromatic rings. The molecule has 0 fully saturated rings. The van der Waals surface area contributed by atoms with Crippen molar-refractivity contribution < 1.29 is 32.6 Å². The molecule has 0 aromatic heterocycles. The fraction of sp³-hybridized carbons (Fsp3) is 0.231. The maximum atomic E-state index is 12.4. The van der Waals surface area contributed by atoms with Crippen LogP contribution in [0.4, 0.5) is 18.9 Å². The molecule has 0 saturated carbocycles. The molecule has 0 unspecified atom stereocenters. The summed E-state index contributed by atoms with van der Waals surface area (Å²) >= 11 is 1.81. The molecule has 23 heavy (non-hydrogen) atoms. The summed E-state index contributed by atoms with van der Waals surface area (Å²) in [6.45, 7) is -0.609. The summed E-state index contributed by atoms with van der Waals surface area (Å²) in [6, 6.07) is 3.96. The van der Waals surface area contributed by atoms with Crippen molar-refractivity contribution in [3.8, 4) is 5.75 Å². The van der Waals surface area contributed by atoms with E-state index in [0.29, 0.717) is 3.57 Å². The number of aliphatic hydroxyl groups is 1. The number of anilines is 1. The van der Waals surface area contributed by atoms with Crippen LogP contribution in [0.25, 0.3) is 0 Å². The monoisotopic (exact) mass is 442 g/mol. The first kappa shape index (κ1) is 17.5. The fourth-order valence-corrected chi connectivity index (χ4v) is 2.33. The first-order valence-electron chi connectivity index (χ1n) is 6.22. The Balaban J connectivity index is 2.25. The van der Waals surface area contributed by atoms with Crippen LogP contribution < -0.4 is 10.1 Å². The molecule has 0 saturated heterocycles. The van der Waals surface area contributed by atoms with Crippen molar-refractivity contribution in [1.29, 1.82) is 0 Å². The van der Waals surface area contributed by atoms with Crippen LogP contribution in [-0.2, 0) is 9.59 Å². The molecule has 0 aliphatic carbocycles. The van der Waals surface area contributed by atoms with Crippen molar-refractivity contribution in [2.24, 2.45) is 0 Å². The number of nitrogens with one attached hydrogen (secondary N) is 1. The Kier molecular flexibility index (Phi) is 5.14. The number of carbonyl (C=O) groups excluding carboxylic acids is 2. The molecule has 10 heteroatoms. The number of ether oxygens (including phenoxy) is 1. The van der Waals surface area contributed by atoms with Gasteiger partial charge in [-0.15, -0.1) is 13.2 Å². The van der Waals surface area contributed by atoms with Gasteiger partial charge < -0.3 is 15.2 Å². The third-order valence-corrected chi connectivity index (χ3v) is 3.44. The van der Waals surface area contributed by atoms with Gasteiger partial charge in [-0.05, 0) is 40.8 Å². The summed E-state index contributed by atoms with van der Waals surface area (Å²) in [4.78, 5) is 24.4. The van der Waals surface area contributed by atoms with E-state index in [1.165, 1.54) is 12.1 Å². The molecular formula is C13H10F3IN2O4. The van der Waals surface area contributed by atoms with Gasteiger partial charge in [0.25, 0.3) is 11.8 Å². The number of halogens is 4. The van der Waals surface area contributed by atoms with Crippen LogP contribution in [0.5, 0.6) is 5.75 Å². The standard InChI is InChI=1S/C13H10F3IN2O4/c14-13(15,16)23-10-5-7(17)1-2-8(10)18-9-6-11(21)19(3-4-20)12(9)22/h1-2,5-6,18,20H,3-4H2. The minimum absolute atomic E-state index is 0.110. The minimum atomic E-state index is -4.90. The Labute approximate surface area is 142 Å². The molecular weight excluding hydrogens is 432 g/mol. The van der Waals surface area contributed by atoms with Crippen LogP contribution in [0, 0.1) is 3.57 Å². The van der Waals surface area contributed by atoms with Crippen molar-refractivity contribution in [3.63, 3.8) is 0 Å². The number of aliphatic hydroxyl groups excluding tert-OH is 1. The third-order valence-electron chi connectivity index (χ3n) is 2.77. The number of nitrogens with zero attached hydrogens (tertiary/aromatic N) is 1. The van der Waals surface area contributed by atoms with Gasteiger partial charge in [-0.2, -0.15) is 0 Å². The zero-order valence-corrected chi connectivity index (χ0v) is 13.5. The van der Waals surface area contributed by atoms with E-state index in [2.05, 4.69) is 10.1 Å². The van der Waals surface area contributed by atoms with Crippen molar-refractivity contribution in [2.45, 2.75) is 6.36 Å². The molecule has 1 aliphatic rings. The smallest absolute Gasteiger partial charge is 0.404 e. The predicted molar refractivity (Wildman–Crippen MR) is 81.4 cm³/mol. The number of carbonyl (C=O) groups is 2. The van der Waals surface area contributed by atoms with Gasteiger partial charge in [-0.3, -0.25) is 14.5 Å². The SMILES string of the molecule is O=C1C=C(Nc2ccc(I)cc2OC(F)(F)F)C(=O)N1CCO. The number of hydrogen-bond acceptors (Lipinski definition) is 5. The number of amides is 2. The molecule has 0 bridgehead atoms. The quantitative estimate of drug-likeness (QED) is 0.538. The van der Waals surface area contributed by atoms with E-state index >= 15 is 0 Å². The maximum absolute atomic E-state index is 12.4. The van der Waals surface area contributed by atoms with Crippen LogP contribution in [0.15, 0.2) is 30.0 Å². The van der Waals surface area contributed by atoms with Gasteiger partial charge in [0.05, 0.1) is 18.8 Å². The summed E-state index contributed by atoms with van der Waals surface area (Å²) in [5.41, 5.74) is -0.308. The van der Waals surface area contributed by atoms with Gasteiger partial charge in [0.2, 0.25) is 0 Å². The topological polar surface area (TPSA) is 78.9 Å². The zero-order chi connectivity index (χ0) is 17.2. The average molecular weight is 442 g/mol. The molecule has 1 aromatic carbocycles. The highest BCUT2D eigenvalue weighted by Gasteiger charge is 2.34. The van der Waals surface area contributed by atoms with Gasteiger partial charge in [-0.1, -0.05) is 0 Å². The molecule has 2 amide bonds. The second-order valence-corrected chi connectivity index (χ2v) is 5.64. The molecule has 2 N–H and O–H groups in total. The number of alkyl halides is 3. The fourth-order valence-electron chi connectivity index (χ4n) is 1.86. The van der Waals surface area contributed by atoms with Crippen LogP contribution in [0.1, 0.15) is 0 Å². The van der Waals surface area contributed by atoms with E-state index in [0.717, 1.165) is 17.0 Å². The normalized spacial score (nSPS) is 15.0. The molecule has 124 valence electrons. The first-order chi connectivity index (χ1) is 10.7. The van der Waals surface area contributed by atoms with Crippen molar-refractivity contribution in [2.75, 3.05) is 18.5 Å². The second kappa shape index (κ2) is 6.74. The molecule has 0 atom stereocenters. The van der Waals surface area contributed by atoms with Gasteiger partial charge in [0.15, 0.2) is 5.75 Å². The Morgan fingerprint density at radius 3 is 2.61 bits per heavy atom. The highest BCUT2D eigenvalue weighted by Crippen LogP contribution is 2.33. The predicted octanol–water partition coefficient (Wildman–Crippen LogP) is 1.85. The van der Waals surface area contributed by atoms with Gasteiger partial charge in [0.1, 0.15) is 5.70 Å². The molecule has 6 nitrogen and oxygen atoms in total. The van der Waals surface area contributed by atoms with Gasteiger partial charge in [0, 0.05) is 9.65 Å². The van der Waals surface area contributed by atoms with E-state index < -0.39 is 30.5 Å². The lowest BCUT2D eigenvalue weighted by Gasteiger charge is -2.16. The van der Waals surface area contributed by atoms with E-state index in [1.807, 2.05) is 22.6 Å². The molecule has 1 aliphatic heterocycles. The van der Waals surface area contributed by atoms with Gasteiger partial charge >= 0.3 is 6.36 Å². The van der Waals surface area contributed by atoms with E-state index in [1.54, 1.807) is 0 Å². The highest BCUT2D eigenvalue weighted by atomic mass is 127. The van der Waals surface area contributed by atoms with Crippen molar-refractivity contribution in [3.05, 3.63) is 33.5 Å². The van der Waals surface area contributed by atoms with Crippen LogP contribution >= 0.6 is 22.6 Å². The van der Waals surface area contributed by atoms with Gasteiger partial charge in [-0.25, -0.2) is 0 Å². The van der Waals surface area contributed by atoms with Crippen molar-refractivity contribution >= 4 is 40.1 Å². The van der Waals surface area contributed by atoms with Crippen LogP contribution in [-0.4, -0.2) is 41.3 Å². The number of benzene rings is 1. The lowest BCUT2D eigenvalue weighted by molar-refractivity contribution is -0.274. The highest BCUT2D eigenvalue weighted by molar-refractivity contribution is 14.1.